The van der Waals surface area contributed by atoms with Crippen molar-refractivity contribution < 1.29 is 14.5 Å². The van der Waals surface area contributed by atoms with Crippen LogP contribution in [0.4, 0.5) is 5.69 Å². The Balaban J connectivity index is 2.53. The van der Waals surface area contributed by atoms with Gasteiger partial charge in [-0.25, -0.2) is 0 Å². The number of non-ortho nitro benzene ring substituents is 1. The first-order valence-electron chi connectivity index (χ1n) is 6.00. The average Bonchev–Trinajstić information content (AvgIpc) is 2.43. The Bertz CT molecular complexity index is 621. The SMILES string of the molecule is CCC1(c2ccc([N+](=O)[O-])cc2)C=C(N)C(=O)NC1=O. The highest BCUT2D eigenvalue weighted by Gasteiger charge is 2.41. The van der Waals surface area contributed by atoms with E-state index in [1.807, 2.05) is 0 Å². The first-order chi connectivity index (χ1) is 9.40. The summed E-state index contributed by atoms with van der Waals surface area (Å²) < 4.78 is 0. The highest BCUT2D eigenvalue weighted by molar-refractivity contribution is 6.11. The molecule has 1 heterocycles. The number of rotatable bonds is 3. The molecule has 1 aliphatic rings. The van der Waals surface area contributed by atoms with Crippen molar-refractivity contribution in [3.63, 3.8) is 0 Å². The van der Waals surface area contributed by atoms with Crippen LogP contribution in [-0.2, 0) is 15.0 Å². The number of hydrogen-bond acceptors (Lipinski definition) is 5. The van der Waals surface area contributed by atoms with Gasteiger partial charge in [0, 0.05) is 12.1 Å². The zero-order valence-corrected chi connectivity index (χ0v) is 10.8. The fraction of sp³-hybridized carbons (Fsp3) is 0.231. The Labute approximate surface area is 114 Å². The van der Waals surface area contributed by atoms with Gasteiger partial charge in [-0.3, -0.25) is 25.0 Å². The fourth-order valence-electron chi connectivity index (χ4n) is 2.25. The molecule has 0 spiro atoms. The molecule has 0 fully saturated rings. The van der Waals surface area contributed by atoms with Crippen molar-refractivity contribution in [2.24, 2.45) is 5.73 Å². The highest BCUT2D eigenvalue weighted by atomic mass is 16.6. The zero-order valence-electron chi connectivity index (χ0n) is 10.8. The average molecular weight is 275 g/mol. The number of amides is 2. The van der Waals surface area contributed by atoms with Crippen LogP contribution in [0.3, 0.4) is 0 Å². The lowest BCUT2D eigenvalue weighted by molar-refractivity contribution is -0.384. The van der Waals surface area contributed by atoms with E-state index in [9.17, 15) is 19.7 Å². The molecule has 2 amide bonds. The van der Waals surface area contributed by atoms with Crippen molar-refractivity contribution in [1.29, 1.82) is 0 Å². The third-order valence-electron chi connectivity index (χ3n) is 3.45. The van der Waals surface area contributed by atoms with Crippen molar-refractivity contribution in [2.75, 3.05) is 0 Å². The van der Waals surface area contributed by atoms with Gasteiger partial charge >= 0.3 is 0 Å². The number of imide groups is 1. The van der Waals surface area contributed by atoms with Crippen molar-refractivity contribution in [3.05, 3.63) is 51.7 Å². The van der Waals surface area contributed by atoms with Gasteiger partial charge in [0.05, 0.1) is 16.0 Å². The molecule has 104 valence electrons. The molecule has 0 radical (unpaired) electrons. The van der Waals surface area contributed by atoms with Crippen molar-refractivity contribution in [3.8, 4) is 0 Å². The van der Waals surface area contributed by atoms with Crippen LogP contribution in [0.1, 0.15) is 18.9 Å². The second-order valence-corrected chi connectivity index (χ2v) is 4.51. The van der Waals surface area contributed by atoms with Crippen LogP contribution in [0.2, 0.25) is 0 Å². The minimum absolute atomic E-state index is 0.0372. The number of nitrogens with two attached hydrogens (primary N) is 1. The van der Waals surface area contributed by atoms with Crippen LogP contribution < -0.4 is 11.1 Å². The monoisotopic (exact) mass is 275 g/mol. The molecule has 0 saturated carbocycles. The van der Waals surface area contributed by atoms with E-state index in [0.717, 1.165) is 0 Å². The number of nitrogens with one attached hydrogen (secondary N) is 1. The second kappa shape index (κ2) is 4.76. The maximum absolute atomic E-state index is 12.2. The van der Waals surface area contributed by atoms with Gasteiger partial charge in [-0.15, -0.1) is 0 Å². The van der Waals surface area contributed by atoms with Crippen LogP contribution in [0.15, 0.2) is 36.0 Å². The van der Waals surface area contributed by atoms with Gasteiger partial charge in [0.1, 0.15) is 0 Å². The first kappa shape index (κ1) is 13.7. The number of benzene rings is 1. The molecule has 0 aromatic heterocycles. The van der Waals surface area contributed by atoms with Crippen LogP contribution in [0.5, 0.6) is 0 Å². The summed E-state index contributed by atoms with van der Waals surface area (Å²) in [7, 11) is 0. The van der Waals surface area contributed by atoms with Crippen LogP contribution >= 0.6 is 0 Å². The number of nitro groups is 1. The molecule has 20 heavy (non-hydrogen) atoms. The predicted molar refractivity (Wildman–Crippen MR) is 70.5 cm³/mol. The molecule has 0 saturated heterocycles. The van der Waals surface area contributed by atoms with E-state index < -0.39 is 22.2 Å². The summed E-state index contributed by atoms with van der Waals surface area (Å²) in [4.78, 5) is 33.7. The summed E-state index contributed by atoms with van der Waals surface area (Å²) in [5.41, 5.74) is 4.97. The fourth-order valence-corrected chi connectivity index (χ4v) is 2.25. The van der Waals surface area contributed by atoms with E-state index in [1.54, 1.807) is 6.92 Å². The smallest absolute Gasteiger partial charge is 0.273 e. The largest absolute Gasteiger partial charge is 0.394 e. The molecule has 0 aliphatic carbocycles. The summed E-state index contributed by atoms with van der Waals surface area (Å²) in [5.74, 6) is -1.10. The van der Waals surface area contributed by atoms with Crippen LogP contribution in [0.25, 0.3) is 0 Å². The molecule has 0 bridgehead atoms. The number of carbonyl (C=O) groups is 2. The topological polar surface area (TPSA) is 115 Å². The third kappa shape index (κ3) is 2.03. The number of hydrogen-bond donors (Lipinski definition) is 2. The van der Waals surface area contributed by atoms with Crippen molar-refractivity contribution in [2.45, 2.75) is 18.8 Å². The molecule has 1 aromatic carbocycles. The van der Waals surface area contributed by atoms with Gasteiger partial charge in [-0.1, -0.05) is 19.1 Å². The Hall–Kier alpha value is -2.70. The summed E-state index contributed by atoms with van der Waals surface area (Å²) in [6.45, 7) is 1.78. The number of nitro benzene ring substituents is 1. The molecule has 1 atom stereocenters. The lowest BCUT2D eigenvalue weighted by Crippen LogP contribution is -2.51. The maximum atomic E-state index is 12.2. The lowest BCUT2D eigenvalue weighted by atomic mass is 9.75. The molecule has 7 heteroatoms. The first-order valence-corrected chi connectivity index (χ1v) is 6.00. The van der Waals surface area contributed by atoms with E-state index >= 15 is 0 Å². The summed E-state index contributed by atoms with van der Waals surface area (Å²) in [6.07, 6.45) is 1.79. The normalized spacial score (nSPS) is 22.1. The van der Waals surface area contributed by atoms with Gasteiger partial charge in [-0.2, -0.15) is 0 Å². The second-order valence-electron chi connectivity index (χ2n) is 4.51. The molecular weight excluding hydrogens is 262 g/mol. The Morgan fingerprint density at radius 2 is 1.90 bits per heavy atom. The van der Waals surface area contributed by atoms with E-state index in [-0.39, 0.29) is 11.4 Å². The number of carbonyl (C=O) groups excluding carboxylic acids is 2. The lowest BCUT2D eigenvalue weighted by Gasteiger charge is -2.32. The minimum Gasteiger partial charge on any atom is -0.394 e. The Kier molecular flexibility index (Phi) is 3.27. The molecular formula is C13H13N3O4. The van der Waals surface area contributed by atoms with Gasteiger partial charge in [0.2, 0.25) is 5.91 Å². The molecule has 3 N–H and O–H groups in total. The van der Waals surface area contributed by atoms with Gasteiger partial charge in [-0.05, 0) is 18.1 Å². The summed E-state index contributed by atoms with van der Waals surface area (Å²) >= 11 is 0. The summed E-state index contributed by atoms with van der Waals surface area (Å²) in [6, 6.07) is 5.64. The van der Waals surface area contributed by atoms with Crippen LogP contribution in [0, 0.1) is 10.1 Å². The quantitative estimate of drug-likeness (QED) is 0.479. The molecule has 1 unspecified atom stereocenters. The Morgan fingerprint density at radius 1 is 1.30 bits per heavy atom. The molecule has 1 aliphatic heterocycles. The third-order valence-corrected chi connectivity index (χ3v) is 3.45. The van der Waals surface area contributed by atoms with Gasteiger partial charge < -0.3 is 5.73 Å². The predicted octanol–water partition coefficient (Wildman–Crippen LogP) is 0.742. The van der Waals surface area contributed by atoms with Gasteiger partial charge in [0.25, 0.3) is 11.6 Å². The van der Waals surface area contributed by atoms with Crippen molar-refractivity contribution >= 4 is 17.5 Å². The molecule has 1 aromatic rings. The minimum atomic E-state index is -1.08. The Morgan fingerprint density at radius 3 is 2.40 bits per heavy atom. The molecule has 7 nitrogen and oxygen atoms in total. The van der Waals surface area contributed by atoms with E-state index in [1.165, 1.54) is 30.3 Å². The standard InChI is InChI=1S/C13H13N3O4/c1-2-13(7-10(14)11(17)15-12(13)18)8-3-5-9(6-4-8)16(19)20/h3-7H,2,14H2,1H3,(H,15,17,18). The van der Waals surface area contributed by atoms with E-state index in [0.29, 0.717) is 12.0 Å². The molecule has 2 rings (SSSR count). The van der Waals surface area contributed by atoms with Crippen LogP contribution in [-0.4, -0.2) is 16.7 Å². The number of nitrogens with zero attached hydrogens (tertiary/aromatic N) is 1. The summed E-state index contributed by atoms with van der Waals surface area (Å²) in [5, 5.41) is 12.8. The van der Waals surface area contributed by atoms with E-state index in [4.69, 9.17) is 5.73 Å². The van der Waals surface area contributed by atoms with Gasteiger partial charge in [0.15, 0.2) is 0 Å². The highest BCUT2D eigenvalue weighted by Crippen LogP contribution is 2.33. The maximum Gasteiger partial charge on any atom is 0.273 e. The van der Waals surface area contributed by atoms with Crippen molar-refractivity contribution in [1.82, 2.24) is 5.32 Å². The zero-order chi connectivity index (χ0) is 14.9. The van der Waals surface area contributed by atoms with E-state index in [2.05, 4.69) is 5.32 Å².